The van der Waals surface area contributed by atoms with E-state index in [1.165, 1.54) is 6.08 Å². The van der Waals surface area contributed by atoms with Gasteiger partial charge in [-0.3, -0.25) is 0 Å². The maximum absolute atomic E-state index is 11.2. The fourth-order valence-corrected chi connectivity index (χ4v) is 2.21. The number of aliphatic hydroxyl groups excluding tert-OH is 1. The Morgan fingerprint density at radius 2 is 2.14 bits per heavy atom. The van der Waals surface area contributed by atoms with Crippen LogP contribution in [0.3, 0.4) is 0 Å². The lowest BCUT2D eigenvalue weighted by Crippen LogP contribution is -2.59. The molecule has 1 unspecified atom stereocenters. The van der Waals surface area contributed by atoms with Gasteiger partial charge in [0.1, 0.15) is 6.23 Å². The lowest BCUT2D eigenvalue weighted by molar-refractivity contribution is -0.137. The second-order valence-electron chi connectivity index (χ2n) is 5.34. The average Bonchev–Trinajstić information content (AvgIpc) is 2.44. The minimum Gasteiger partial charge on any atom is -0.463 e. The molecule has 1 aromatic rings. The average molecular weight is 290 g/mol. The van der Waals surface area contributed by atoms with Gasteiger partial charge >= 0.3 is 5.97 Å². The van der Waals surface area contributed by atoms with Crippen LogP contribution in [-0.4, -0.2) is 29.4 Å². The van der Waals surface area contributed by atoms with E-state index in [9.17, 15) is 9.90 Å². The van der Waals surface area contributed by atoms with Crippen LogP contribution in [0.5, 0.6) is 0 Å². The highest BCUT2D eigenvalue weighted by molar-refractivity contribution is 5.87. The van der Waals surface area contributed by atoms with Gasteiger partial charge in [-0.15, -0.1) is 0 Å². The molecule has 1 saturated carbocycles. The number of carbonyl (C=O) groups excluding carboxylic acids is 1. The summed E-state index contributed by atoms with van der Waals surface area (Å²) >= 11 is 0. The van der Waals surface area contributed by atoms with Crippen molar-refractivity contribution in [1.29, 1.82) is 0 Å². The van der Waals surface area contributed by atoms with Crippen LogP contribution in [0.4, 0.5) is 5.69 Å². The number of aliphatic hydroxyl groups is 1. The molecule has 1 fully saturated rings. The van der Waals surface area contributed by atoms with E-state index >= 15 is 0 Å². The van der Waals surface area contributed by atoms with Crippen molar-refractivity contribution in [2.24, 2.45) is 5.73 Å². The summed E-state index contributed by atoms with van der Waals surface area (Å²) in [7, 11) is 0. The molecule has 1 aliphatic rings. The summed E-state index contributed by atoms with van der Waals surface area (Å²) < 4.78 is 4.81. The molecule has 0 bridgehead atoms. The number of ether oxygens (including phenoxy) is 1. The van der Waals surface area contributed by atoms with E-state index in [2.05, 4.69) is 5.32 Å². The van der Waals surface area contributed by atoms with E-state index in [4.69, 9.17) is 10.5 Å². The summed E-state index contributed by atoms with van der Waals surface area (Å²) in [4.78, 5) is 11.2. The monoisotopic (exact) mass is 290 g/mol. The smallest absolute Gasteiger partial charge is 0.330 e. The Morgan fingerprint density at radius 3 is 2.67 bits per heavy atom. The molecule has 0 radical (unpaired) electrons. The summed E-state index contributed by atoms with van der Waals surface area (Å²) in [5, 5.41) is 13.1. The van der Waals surface area contributed by atoms with E-state index in [0.29, 0.717) is 6.61 Å². The number of anilines is 1. The third-order valence-electron chi connectivity index (χ3n) is 3.74. The van der Waals surface area contributed by atoms with Crippen molar-refractivity contribution >= 4 is 17.7 Å². The Kier molecular flexibility index (Phi) is 4.98. The van der Waals surface area contributed by atoms with Crippen LogP contribution in [-0.2, 0) is 9.53 Å². The zero-order valence-corrected chi connectivity index (χ0v) is 12.2. The van der Waals surface area contributed by atoms with Crippen molar-refractivity contribution in [3.8, 4) is 0 Å². The maximum Gasteiger partial charge on any atom is 0.330 e. The fourth-order valence-electron chi connectivity index (χ4n) is 2.21. The van der Waals surface area contributed by atoms with Crippen LogP contribution in [0.2, 0.25) is 0 Å². The topological polar surface area (TPSA) is 84.6 Å². The minimum absolute atomic E-state index is 0.356. The predicted molar refractivity (Wildman–Crippen MR) is 82.5 cm³/mol. The maximum atomic E-state index is 11.2. The lowest BCUT2D eigenvalue weighted by atomic mass is 9.76. The van der Waals surface area contributed by atoms with Gasteiger partial charge in [0.25, 0.3) is 0 Å². The number of rotatable bonds is 6. The highest BCUT2D eigenvalue weighted by Crippen LogP contribution is 2.32. The summed E-state index contributed by atoms with van der Waals surface area (Å²) in [5.41, 5.74) is 7.23. The molecule has 0 amide bonds. The van der Waals surface area contributed by atoms with Crippen LogP contribution in [0.25, 0.3) is 6.08 Å². The standard InChI is InChI=1S/C16H22N2O3/c1-2-21-14(19)9-6-12-4-7-13(8-5-12)18-15(20)16(17)10-3-11-16/h4-9,15,18,20H,2-3,10-11,17H2,1H3. The van der Waals surface area contributed by atoms with E-state index in [1.54, 1.807) is 13.0 Å². The van der Waals surface area contributed by atoms with E-state index in [1.807, 2.05) is 24.3 Å². The SMILES string of the molecule is CCOC(=O)C=Cc1ccc(NC(O)C2(N)CCC2)cc1. The zero-order valence-electron chi connectivity index (χ0n) is 12.2. The Labute approximate surface area is 124 Å². The Balaban J connectivity index is 1.91. The normalized spacial score (nSPS) is 18.0. The van der Waals surface area contributed by atoms with Crippen molar-refractivity contribution in [2.75, 3.05) is 11.9 Å². The Hall–Kier alpha value is -1.85. The molecule has 1 aromatic carbocycles. The quantitative estimate of drug-likeness (QED) is 0.423. The number of nitrogens with one attached hydrogen (secondary N) is 1. The summed E-state index contributed by atoms with van der Waals surface area (Å²) in [5.74, 6) is -0.356. The molecule has 4 N–H and O–H groups in total. The number of esters is 1. The molecule has 1 aliphatic carbocycles. The Morgan fingerprint density at radius 1 is 1.48 bits per heavy atom. The van der Waals surface area contributed by atoms with Gasteiger partial charge in [0.2, 0.25) is 0 Å². The van der Waals surface area contributed by atoms with Crippen molar-refractivity contribution in [1.82, 2.24) is 0 Å². The van der Waals surface area contributed by atoms with E-state index in [0.717, 1.165) is 30.5 Å². The lowest BCUT2D eigenvalue weighted by Gasteiger charge is -2.42. The molecule has 114 valence electrons. The molecule has 0 aliphatic heterocycles. The number of benzene rings is 1. The van der Waals surface area contributed by atoms with Gasteiger partial charge in [-0.2, -0.15) is 0 Å². The molecule has 21 heavy (non-hydrogen) atoms. The molecular weight excluding hydrogens is 268 g/mol. The predicted octanol–water partition coefficient (Wildman–Crippen LogP) is 1.87. The second kappa shape index (κ2) is 6.74. The van der Waals surface area contributed by atoms with Crippen molar-refractivity contribution in [3.63, 3.8) is 0 Å². The molecular formula is C16H22N2O3. The van der Waals surface area contributed by atoms with Crippen LogP contribution in [0.1, 0.15) is 31.7 Å². The van der Waals surface area contributed by atoms with Gasteiger partial charge in [0.15, 0.2) is 0 Å². The highest BCUT2D eigenvalue weighted by Gasteiger charge is 2.39. The Bertz CT molecular complexity index is 507. The fraction of sp³-hybridized carbons (Fsp3) is 0.438. The van der Waals surface area contributed by atoms with Gasteiger partial charge in [-0.25, -0.2) is 4.79 Å². The first kappa shape index (κ1) is 15.5. The summed E-state index contributed by atoms with van der Waals surface area (Å²) in [6, 6.07) is 7.40. The molecule has 0 saturated heterocycles. The first-order valence-corrected chi connectivity index (χ1v) is 7.22. The van der Waals surface area contributed by atoms with Gasteiger partial charge < -0.3 is 20.9 Å². The first-order chi connectivity index (χ1) is 10.0. The van der Waals surface area contributed by atoms with Crippen molar-refractivity contribution in [2.45, 2.75) is 38.0 Å². The van der Waals surface area contributed by atoms with Crippen LogP contribution >= 0.6 is 0 Å². The number of carbonyl (C=O) groups is 1. The van der Waals surface area contributed by atoms with Crippen molar-refractivity contribution < 1.29 is 14.6 Å². The minimum atomic E-state index is -0.743. The molecule has 1 atom stereocenters. The van der Waals surface area contributed by atoms with Crippen LogP contribution in [0, 0.1) is 0 Å². The van der Waals surface area contributed by atoms with E-state index in [-0.39, 0.29) is 5.97 Å². The molecule has 0 spiro atoms. The molecule has 2 rings (SSSR count). The van der Waals surface area contributed by atoms with Crippen LogP contribution in [0.15, 0.2) is 30.3 Å². The summed E-state index contributed by atoms with van der Waals surface area (Å²) in [6.07, 6.45) is 5.07. The number of hydrogen-bond acceptors (Lipinski definition) is 5. The molecule has 0 heterocycles. The third-order valence-corrected chi connectivity index (χ3v) is 3.74. The molecule has 5 heteroatoms. The first-order valence-electron chi connectivity index (χ1n) is 7.22. The number of nitrogens with two attached hydrogens (primary N) is 1. The van der Waals surface area contributed by atoms with E-state index < -0.39 is 11.8 Å². The largest absolute Gasteiger partial charge is 0.463 e. The third kappa shape index (κ3) is 4.06. The van der Waals surface area contributed by atoms with Crippen molar-refractivity contribution in [3.05, 3.63) is 35.9 Å². The van der Waals surface area contributed by atoms with Gasteiger partial charge in [-0.1, -0.05) is 12.1 Å². The van der Waals surface area contributed by atoms with Gasteiger partial charge in [0.05, 0.1) is 12.1 Å². The second-order valence-corrected chi connectivity index (χ2v) is 5.34. The molecule has 0 aromatic heterocycles. The zero-order chi connectivity index (χ0) is 15.3. The molecule has 5 nitrogen and oxygen atoms in total. The number of hydrogen-bond donors (Lipinski definition) is 3. The van der Waals surface area contributed by atoms with Gasteiger partial charge in [0, 0.05) is 11.8 Å². The van der Waals surface area contributed by atoms with Gasteiger partial charge in [-0.05, 0) is 50.0 Å². The van der Waals surface area contributed by atoms with Crippen LogP contribution < -0.4 is 11.1 Å². The summed E-state index contributed by atoms with van der Waals surface area (Å²) in [6.45, 7) is 2.13. The highest BCUT2D eigenvalue weighted by atomic mass is 16.5.